The standard InChI is InChI=1S/C10H15Cl2N3O/c1-4-10(2,3)16-9-7(12)5-6(11)8(14-9)15-13/h5H,4,13H2,1-3H3,(H,14,15). The molecule has 0 radical (unpaired) electrons. The van der Waals surface area contributed by atoms with Crippen molar-refractivity contribution in [3.05, 3.63) is 16.1 Å². The zero-order chi connectivity index (χ0) is 12.3. The van der Waals surface area contributed by atoms with Crippen molar-refractivity contribution in [2.45, 2.75) is 32.8 Å². The highest BCUT2D eigenvalue weighted by atomic mass is 35.5. The fourth-order valence-electron chi connectivity index (χ4n) is 0.956. The van der Waals surface area contributed by atoms with Gasteiger partial charge < -0.3 is 10.2 Å². The molecule has 0 saturated heterocycles. The van der Waals surface area contributed by atoms with Crippen LogP contribution in [0.5, 0.6) is 5.88 Å². The molecule has 0 aliphatic carbocycles. The first-order chi connectivity index (χ1) is 7.39. The molecule has 0 bridgehead atoms. The maximum absolute atomic E-state index is 5.98. The molecule has 0 unspecified atom stereocenters. The van der Waals surface area contributed by atoms with Crippen molar-refractivity contribution in [1.82, 2.24) is 4.98 Å². The Morgan fingerprint density at radius 2 is 2.06 bits per heavy atom. The molecule has 3 N–H and O–H groups in total. The normalized spacial score (nSPS) is 11.4. The molecular weight excluding hydrogens is 249 g/mol. The van der Waals surface area contributed by atoms with Crippen LogP contribution in [0.1, 0.15) is 27.2 Å². The van der Waals surface area contributed by atoms with Gasteiger partial charge in [0.15, 0.2) is 5.82 Å². The van der Waals surface area contributed by atoms with Crippen LogP contribution in [0.2, 0.25) is 10.0 Å². The largest absolute Gasteiger partial charge is 0.471 e. The van der Waals surface area contributed by atoms with Crippen molar-refractivity contribution in [2.24, 2.45) is 5.84 Å². The summed E-state index contributed by atoms with van der Waals surface area (Å²) in [7, 11) is 0. The van der Waals surface area contributed by atoms with Gasteiger partial charge in [-0.15, -0.1) is 0 Å². The van der Waals surface area contributed by atoms with Crippen LogP contribution < -0.4 is 16.0 Å². The molecule has 0 amide bonds. The van der Waals surface area contributed by atoms with E-state index in [0.717, 1.165) is 6.42 Å². The third kappa shape index (κ3) is 3.14. The van der Waals surface area contributed by atoms with Crippen molar-refractivity contribution in [3.63, 3.8) is 0 Å². The molecule has 1 rings (SSSR count). The number of nitrogens with one attached hydrogen (secondary N) is 1. The van der Waals surface area contributed by atoms with E-state index in [1.165, 1.54) is 0 Å². The Bertz CT molecular complexity index is 383. The first kappa shape index (κ1) is 13.4. The number of aromatic nitrogens is 1. The summed E-state index contributed by atoms with van der Waals surface area (Å²) in [5, 5.41) is 0.722. The first-order valence-corrected chi connectivity index (χ1v) is 5.67. The second kappa shape index (κ2) is 5.08. The smallest absolute Gasteiger partial charge is 0.235 e. The molecule has 0 atom stereocenters. The lowest BCUT2D eigenvalue weighted by atomic mass is 10.1. The minimum atomic E-state index is -0.337. The minimum absolute atomic E-state index is 0.325. The van der Waals surface area contributed by atoms with Gasteiger partial charge in [0.25, 0.3) is 0 Å². The topological polar surface area (TPSA) is 60.2 Å². The molecule has 0 aromatic carbocycles. The van der Waals surface area contributed by atoms with Crippen molar-refractivity contribution < 1.29 is 4.74 Å². The van der Waals surface area contributed by atoms with Crippen LogP contribution in [0.15, 0.2) is 6.07 Å². The molecule has 0 saturated carbocycles. The third-order valence-corrected chi connectivity index (χ3v) is 2.82. The molecule has 0 fully saturated rings. The summed E-state index contributed by atoms with van der Waals surface area (Å²) in [6.07, 6.45) is 0.832. The van der Waals surface area contributed by atoms with Crippen LogP contribution in [0.3, 0.4) is 0 Å². The Hall–Kier alpha value is -0.710. The van der Waals surface area contributed by atoms with Gasteiger partial charge in [-0.25, -0.2) is 5.84 Å². The lowest BCUT2D eigenvalue weighted by Gasteiger charge is -2.24. The summed E-state index contributed by atoms with van der Waals surface area (Å²) in [5.74, 6) is 5.94. The van der Waals surface area contributed by atoms with E-state index in [-0.39, 0.29) is 5.60 Å². The highest BCUT2D eigenvalue weighted by Gasteiger charge is 2.20. The van der Waals surface area contributed by atoms with Gasteiger partial charge in [0.2, 0.25) is 5.88 Å². The van der Waals surface area contributed by atoms with E-state index >= 15 is 0 Å². The Balaban J connectivity index is 3.05. The molecular formula is C10H15Cl2N3O. The van der Waals surface area contributed by atoms with Crippen LogP contribution in [0, 0.1) is 0 Å². The Morgan fingerprint density at radius 3 is 2.56 bits per heavy atom. The molecule has 0 aliphatic rings. The molecule has 90 valence electrons. The molecule has 16 heavy (non-hydrogen) atoms. The Labute approximate surface area is 105 Å². The number of ether oxygens (including phenoxy) is 1. The number of nitrogens with zero attached hydrogens (tertiary/aromatic N) is 1. The Kier molecular flexibility index (Phi) is 4.24. The third-order valence-electron chi connectivity index (χ3n) is 2.26. The molecule has 0 spiro atoms. The summed E-state index contributed by atoms with van der Waals surface area (Å²) in [5.41, 5.74) is 2.05. The lowest BCUT2D eigenvalue weighted by molar-refractivity contribution is 0.0994. The number of nitrogens with two attached hydrogens (primary N) is 1. The van der Waals surface area contributed by atoms with Gasteiger partial charge in [-0.3, -0.25) is 0 Å². The maximum Gasteiger partial charge on any atom is 0.235 e. The average Bonchev–Trinajstić information content (AvgIpc) is 2.22. The van der Waals surface area contributed by atoms with Crippen molar-refractivity contribution >= 4 is 29.0 Å². The first-order valence-electron chi connectivity index (χ1n) is 4.91. The summed E-state index contributed by atoms with van der Waals surface area (Å²) in [6, 6.07) is 1.55. The Morgan fingerprint density at radius 1 is 1.44 bits per heavy atom. The predicted octanol–water partition coefficient (Wildman–Crippen LogP) is 3.24. The van der Waals surface area contributed by atoms with Crippen molar-refractivity contribution in [2.75, 3.05) is 5.43 Å². The summed E-state index contributed by atoms with van der Waals surface area (Å²) in [6.45, 7) is 5.93. The molecule has 6 heteroatoms. The molecule has 4 nitrogen and oxygen atoms in total. The number of nitrogen functional groups attached to an aromatic ring is 1. The molecule has 1 aromatic heterocycles. The van der Waals surface area contributed by atoms with E-state index in [4.69, 9.17) is 33.8 Å². The van der Waals surface area contributed by atoms with Gasteiger partial charge in [0, 0.05) is 0 Å². The van der Waals surface area contributed by atoms with Crippen LogP contribution in [0.25, 0.3) is 0 Å². The SMILES string of the molecule is CCC(C)(C)Oc1nc(NN)c(Cl)cc1Cl. The molecule has 1 aromatic rings. The summed E-state index contributed by atoms with van der Waals surface area (Å²) < 4.78 is 5.68. The van der Waals surface area contributed by atoms with Gasteiger partial charge >= 0.3 is 0 Å². The van der Waals surface area contributed by atoms with Gasteiger partial charge in [-0.05, 0) is 26.3 Å². The van der Waals surface area contributed by atoms with Crippen LogP contribution in [-0.4, -0.2) is 10.6 Å². The van der Waals surface area contributed by atoms with Gasteiger partial charge in [0.05, 0.1) is 5.02 Å². The summed E-state index contributed by atoms with van der Waals surface area (Å²) >= 11 is 11.8. The van der Waals surface area contributed by atoms with Crippen molar-refractivity contribution in [1.29, 1.82) is 0 Å². The lowest BCUT2D eigenvalue weighted by Crippen LogP contribution is -2.27. The number of hydrazine groups is 1. The fraction of sp³-hybridized carbons (Fsp3) is 0.500. The van der Waals surface area contributed by atoms with E-state index in [1.54, 1.807) is 6.07 Å². The average molecular weight is 264 g/mol. The minimum Gasteiger partial charge on any atom is -0.471 e. The van der Waals surface area contributed by atoms with Gasteiger partial charge in [0.1, 0.15) is 10.6 Å². The summed E-state index contributed by atoms with van der Waals surface area (Å²) in [4.78, 5) is 4.10. The fourth-order valence-corrected chi connectivity index (χ4v) is 1.41. The van der Waals surface area contributed by atoms with E-state index in [1.807, 2.05) is 20.8 Å². The number of pyridine rings is 1. The molecule has 0 aliphatic heterocycles. The monoisotopic (exact) mass is 263 g/mol. The van der Waals surface area contributed by atoms with E-state index in [2.05, 4.69) is 10.4 Å². The maximum atomic E-state index is 5.98. The van der Waals surface area contributed by atoms with Crippen LogP contribution in [0.4, 0.5) is 5.82 Å². The highest BCUT2D eigenvalue weighted by Crippen LogP contribution is 2.32. The van der Waals surface area contributed by atoms with E-state index in [9.17, 15) is 0 Å². The van der Waals surface area contributed by atoms with Gasteiger partial charge in [-0.1, -0.05) is 30.1 Å². The second-order valence-corrected chi connectivity index (χ2v) is 4.78. The quantitative estimate of drug-likeness (QED) is 0.647. The molecule has 1 heterocycles. The van der Waals surface area contributed by atoms with Crippen LogP contribution in [-0.2, 0) is 0 Å². The van der Waals surface area contributed by atoms with Crippen LogP contribution >= 0.6 is 23.2 Å². The highest BCUT2D eigenvalue weighted by molar-refractivity contribution is 6.36. The second-order valence-electron chi connectivity index (χ2n) is 3.97. The zero-order valence-electron chi connectivity index (χ0n) is 9.47. The number of hydrogen-bond acceptors (Lipinski definition) is 4. The zero-order valence-corrected chi connectivity index (χ0v) is 11.0. The van der Waals surface area contributed by atoms with E-state index < -0.39 is 0 Å². The van der Waals surface area contributed by atoms with Gasteiger partial charge in [-0.2, -0.15) is 4.98 Å². The number of rotatable bonds is 4. The predicted molar refractivity (Wildman–Crippen MR) is 67.1 cm³/mol. The number of anilines is 1. The number of hydrogen-bond donors (Lipinski definition) is 2. The van der Waals surface area contributed by atoms with E-state index in [0.29, 0.717) is 21.7 Å². The number of halogens is 2. The van der Waals surface area contributed by atoms with Crippen molar-refractivity contribution in [3.8, 4) is 5.88 Å².